The van der Waals surface area contributed by atoms with E-state index in [0.717, 1.165) is 16.8 Å². The molecule has 3 amide bonds. The molecule has 6 nitrogen and oxygen atoms in total. The van der Waals surface area contributed by atoms with Crippen LogP contribution in [0.5, 0.6) is 0 Å². The summed E-state index contributed by atoms with van der Waals surface area (Å²) in [5.74, 6) is -1.01. The van der Waals surface area contributed by atoms with Crippen LogP contribution in [0, 0.1) is 13.8 Å². The Morgan fingerprint density at radius 2 is 1.44 bits per heavy atom. The number of carbonyl (C=O) groups is 3. The van der Waals surface area contributed by atoms with Crippen molar-refractivity contribution in [3.05, 3.63) is 93.5 Å². The van der Waals surface area contributed by atoms with Crippen LogP contribution < -0.4 is 10.6 Å². The quantitative estimate of drug-likeness (QED) is 0.505. The van der Waals surface area contributed by atoms with Gasteiger partial charge < -0.3 is 15.5 Å². The van der Waals surface area contributed by atoms with Gasteiger partial charge in [0.05, 0.1) is 23.4 Å². The fourth-order valence-electron chi connectivity index (χ4n) is 3.18. The minimum atomic E-state index is -0.371. The van der Waals surface area contributed by atoms with E-state index in [1.807, 2.05) is 38.1 Å². The maximum atomic E-state index is 13.0. The third-order valence-corrected chi connectivity index (χ3v) is 5.82. The molecule has 0 aliphatic heterocycles. The number of para-hydroxylation sites is 1. The number of nitrogens with one attached hydrogen (secondary N) is 2. The Hall–Kier alpha value is -3.45. The number of aryl methyl sites for hydroxylation is 1. The van der Waals surface area contributed by atoms with Gasteiger partial charge in [0.25, 0.3) is 11.8 Å². The monoisotopic (exact) mass is 493 g/mol. The molecule has 0 aliphatic carbocycles. The van der Waals surface area contributed by atoms with Gasteiger partial charge in [-0.3, -0.25) is 14.4 Å². The summed E-state index contributed by atoms with van der Waals surface area (Å²) in [6.07, 6.45) is 0. The van der Waals surface area contributed by atoms with E-state index in [4.69, 9.17) is 0 Å². The molecule has 0 aromatic heterocycles. The second-order valence-corrected chi connectivity index (χ2v) is 8.29. The topological polar surface area (TPSA) is 78.5 Å². The van der Waals surface area contributed by atoms with Crippen molar-refractivity contribution in [2.45, 2.75) is 13.8 Å². The van der Waals surface area contributed by atoms with Crippen LogP contribution in [-0.2, 0) is 4.79 Å². The van der Waals surface area contributed by atoms with E-state index in [1.165, 1.54) is 4.90 Å². The first-order valence-electron chi connectivity index (χ1n) is 10.0. The van der Waals surface area contributed by atoms with Crippen LogP contribution in [0.4, 0.5) is 11.4 Å². The average Bonchev–Trinajstić information content (AvgIpc) is 2.77. The number of carbonyl (C=O) groups excluding carboxylic acids is 3. The second kappa shape index (κ2) is 10.2. The van der Waals surface area contributed by atoms with Crippen LogP contribution >= 0.6 is 15.9 Å². The van der Waals surface area contributed by atoms with Crippen molar-refractivity contribution in [2.24, 2.45) is 0 Å². The lowest BCUT2D eigenvalue weighted by Gasteiger charge is -2.19. The molecule has 0 unspecified atom stereocenters. The minimum absolute atomic E-state index is 0.126. The highest BCUT2D eigenvalue weighted by atomic mass is 79.9. The van der Waals surface area contributed by atoms with Gasteiger partial charge in [-0.1, -0.05) is 36.4 Å². The highest BCUT2D eigenvalue weighted by Gasteiger charge is 2.20. The summed E-state index contributed by atoms with van der Waals surface area (Å²) in [6, 6.07) is 19.4. The van der Waals surface area contributed by atoms with E-state index >= 15 is 0 Å². The lowest BCUT2D eigenvalue weighted by molar-refractivity contribution is -0.116. The largest absolute Gasteiger partial charge is 0.332 e. The number of likely N-dealkylation sites (N-methyl/N-ethyl adjacent to an activating group) is 1. The average molecular weight is 494 g/mol. The number of benzene rings is 3. The predicted molar refractivity (Wildman–Crippen MR) is 130 cm³/mol. The molecular weight excluding hydrogens is 470 g/mol. The minimum Gasteiger partial charge on any atom is -0.332 e. The molecule has 0 aliphatic rings. The molecule has 32 heavy (non-hydrogen) atoms. The fraction of sp³-hybridized carbons (Fsp3) is 0.160. The summed E-state index contributed by atoms with van der Waals surface area (Å²) in [7, 11) is 1.55. The van der Waals surface area contributed by atoms with Crippen molar-refractivity contribution in [3.63, 3.8) is 0 Å². The number of hydrogen-bond acceptors (Lipinski definition) is 3. The summed E-state index contributed by atoms with van der Waals surface area (Å²) in [4.78, 5) is 39.6. The van der Waals surface area contributed by atoms with Gasteiger partial charge in [-0.2, -0.15) is 0 Å². The van der Waals surface area contributed by atoms with Crippen LogP contribution in [-0.4, -0.2) is 36.2 Å². The van der Waals surface area contributed by atoms with Gasteiger partial charge in [0, 0.05) is 17.2 Å². The van der Waals surface area contributed by atoms with Crippen molar-refractivity contribution >= 4 is 45.0 Å². The molecule has 0 bridgehead atoms. The highest BCUT2D eigenvalue weighted by molar-refractivity contribution is 9.10. The van der Waals surface area contributed by atoms with Gasteiger partial charge in [-0.05, 0) is 71.2 Å². The van der Waals surface area contributed by atoms with Gasteiger partial charge in [-0.25, -0.2) is 0 Å². The van der Waals surface area contributed by atoms with E-state index < -0.39 is 0 Å². The van der Waals surface area contributed by atoms with E-state index in [1.54, 1.807) is 49.5 Å². The Bertz CT molecular complexity index is 1180. The number of rotatable bonds is 6. The fourth-order valence-corrected chi connectivity index (χ4v) is 3.65. The van der Waals surface area contributed by atoms with Gasteiger partial charge >= 0.3 is 0 Å². The number of nitrogens with zero attached hydrogens (tertiary/aromatic N) is 1. The zero-order valence-electron chi connectivity index (χ0n) is 18.1. The summed E-state index contributed by atoms with van der Waals surface area (Å²) >= 11 is 3.36. The maximum Gasteiger partial charge on any atom is 0.256 e. The van der Waals surface area contributed by atoms with Gasteiger partial charge in [0.15, 0.2) is 0 Å². The molecular formula is C25H24BrN3O3. The first kappa shape index (κ1) is 23.2. The van der Waals surface area contributed by atoms with Crippen molar-refractivity contribution in [1.29, 1.82) is 0 Å². The summed E-state index contributed by atoms with van der Waals surface area (Å²) in [6.45, 7) is 3.78. The molecule has 3 aromatic rings. The Morgan fingerprint density at radius 1 is 0.812 bits per heavy atom. The lowest BCUT2D eigenvalue weighted by atomic mass is 10.1. The Morgan fingerprint density at radius 3 is 2.16 bits per heavy atom. The van der Waals surface area contributed by atoms with Crippen molar-refractivity contribution in [2.75, 3.05) is 24.2 Å². The molecule has 3 aromatic carbocycles. The van der Waals surface area contributed by atoms with Gasteiger partial charge in [-0.15, -0.1) is 0 Å². The van der Waals surface area contributed by atoms with E-state index in [0.29, 0.717) is 21.3 Å². The number of halogens is 1. The van der Waals surface area contributed by atoms with E-state index in [9.17, 15) is 14.4 Å². The first-order chi connectivity index (χ1) is 15.3. The smallest absolute Gasteiger partial charge is 0.256 e. The molecule has 7 heteroatoms. The molecule has 0 saturated heterocycles. The molecule has 0 radical (unpaired) electrons. The van der Waals surface area contributed by atoms with Crippen molar-refractivity contribution in [1.82, 2.24) is 4.90 Å². The van der Waals surface area contributed by atoms with Crippen LogP contribution in [0.25, 0.3) is 0 Å². The third kappa shape index (κ3) is 5.42. The zero-order chi connectivity index (χ0) is 23.3. The number of anilines is 2. The standard InChI is InChI=1S/C25H24BrN3O3/c1-16-9-8-14-21(17(16)2)27-23(30)15-29(3)25(32)19-11-5-7-13-22(19)28-24(31)18-10-4-6-12-20(18)26/h4-14H,15H2,1-3H3,(H,27,30)(H,28,31). The third-order valence-electron chi connectivity index (χ3n) is 5.13. The van der Waals surface area contributed by atoms with Crippen LogP contribution in [0.3, 0.4) is 0 Å². The molecule has 164 valence electrons. The first-order valence-corrected chi connectivity index (χ1v) is 10.8. The molecule has 0 fully saturated rings. The van der Waals surface area contributed by atoms with Crippen LogP contribution in [0.2, 0.25) is 0 Å². The molecule has 0 spiro atoms. The summed E-state index contributed by atoms with van der Waals surface area (Å²) in [5, 5.41) is 5.65. The zero-order valence-corrected chi connectivity index (χ0v) is 19.7. The molecule has 0 atom stereocenters. The second-order valence-electron chi connectivity index (χ2n) is 7.44. The SMILES string of the molecule is Cc1cccc(NC(=O)CN(C)C(=O)c2ccccc2NC(=O)c2ccccc2Br)c1C. The summed E-state index contributed by atoms with van der Waals surface area (Å²) < 4.78 is 0.654. The normalized spacial score (nSPS) is 10.4. The molecule has 0 saturated carbocycles. The Balaban J connectivity index is 1.72. The Kier molecular flexibility index (Phi) is 7.43. The molecule has 0 heterocycles. The van der Waals surface area contributed by atoms with Crippen LogP contribution in [0.15, 0.2) is 71.2 Å². The van der Waals surface area contributed by atoms with Crippen LogP contribution in [0.1, 0.15) is 31.8 Å². The maximum absolute atomic E-state index is 13.0. The lowest BCUT2D eigenvalue weighted by Crippen LogP contribution is -2.35. The number of amides is 3. The molecule has 2 N–H and O–H groups in total. The van der Waals surface area contributed by atoms with Gasteiger partial charge in [0.2, 0.25) is 5.91 Å². The van der Waals surface area contributed by atoms with Gasteiger partial charge in [0.1, 0.15) is 0 Å². The number of hydrogen-bond donors (Lipinski definition) is 2. The van der Waals surface area contributed by atoms with Crippen molar-refractivity contribution in [3.8, 4) is 0 Å². The van der Waals surface area contributed by atoms with E-state index in [2.05, 4.69) is 26.6 Å². The summed E-state index contributed by atoms with van der Waals surface area (Å²) in [5.41, 5.74) is 3.90. The Labute approximate surface area is 195 Å². The molecule has 3 rings (SSSR count). The highest BCUT2D eigenvalue weighted by Crippen LogP contribution is 2.22. The van der Waals surface area contributed by atoms with E-state index in [-0.39, 0.29) is 24.3 Å². The predicted octanol–water partition coefficient (Wildman–Crippen LogP) is 5.03. The van der Waals surface area contributed by atoms with Crippen molar-refractivity contribution < 1.29 is 14.4 Å².